The van der Waals surface area contributed by atoms with Crippen LogP contribution in [0.1, 0.15) is 91.4 Å². The van der Waals surface area contributed by atoms with Crippen molar-refractivity contribution in [2.45, 2.75) is 104 Å². The van der Waals surface area contributed by atoms with Gasteiger partial charge in [0.05, 0.1) is 6.10 Å². The molecule has 5 aliphatic rings. The summed E-state index contributed by atoms with van der Waals surface area (Å²) in [7, 11) is 0. The van der Waals surface area contributed by atoms with Crippen molar-refractivity contribution in [1.29, 1.82) is 0 Å². The van der Waals surface area contributed by atoms with Crippen LogP contribution in [0.5, 0.6) is 0 Å². The van der Waals surface area contributed by atoms with Crippen LogP contribution < -0.4 is 0 Å². The molecule has 0 amide bonds. The van der Waals surface area contributed by atoms with Gasteiger partial charge in [0, 0.05) is 12.5 Å². The Hall–Kier alpha value is -0.670. The molecule has 4 aliphatic carbocycles. The zero-order valence-electron chi connectivity index (χ0n) is 18.8. The average molecular weight is 401 g/mol. The van der Waals surface area contributed by atoms with Crippen LogP contribution >= 0.6 is 0 Å². The molecule has 0 spiro atoms. The Morgan fingerprint density at radius 2 is 1.93 bits per heavy atom. The summed E-state index contributed by atoms with van der Waals surface area (Å²) in [6.45, 7) is 7.71. The summed E-state index contributed by atoms with van der Waals surface area (Å²) < 4.78 is 12.2. The van der Waals surface area contributed by atoms with Crippen LogP contribution in [0.2, 0.25) is 0 Å². The van der Waals surface area contributed by atoms with E-state index in [2.05, 4.69) is 19.9 Å². The largest absolute Gasteiger partial charge is 0.353 e. The van der Waals surface area contributed by atoms with Gasteiger partial charge in [-0.2, -0.15) is 0 Å². The minimum atomic E-state index is 0.0347. The van der Waals surface area contributed by atoms with E-state index in [0.29, 0.717) is 23.2 Å². The second-order valence-corrected chi connectivity index (χ2v) is 11.3. The molecule has 162 valence electrons. The van der Waals surface area contributed by atoms with Crippen LogP contribution in [0, 0.1) is 34.5 Å². The van der Waals surface area contributed by atoms with Crippen molar-refractivity contribution < 1.29 is 14.3 Å². The van der Waals surface area contributed by atoms with Gasteiger partial charge in [-0.1, -0.05) is 25.5 Å². The van der Waals surface area contributed by atoms with Crippen LogP contribution in [0.4, 0.5) is 0 Å². The maximum atomic E-state index is 12.3. The molecular weight excluding hydrogens is 360 g/mol. The number of Topliss-reactive ketones (excluding diaryl/α,β-unsaturated/α-hetero) is 1. The summed E-state index contributed by atoms with van der Waals surface area (Å²) in [6.07, 6.45) is 16.2. The smallest absolute Gasteiger partial charge is 0.157 e. The number of hydrogen-bond donors (Lipinski definition) is 0. The highest BCUT2D eigenvalue weighted by Crippen LogP contribution is 2.66. The van der Waals surface area contributed by atoms with Crippen molar-refractivity contribution in [3.05, 3.63) is 11.6 Å². The SMILES string of the molecule is CC(=O)[C@H]1CCC2C3CC=C4C[C@@H](OC5CCCCO5)CC[C@]4(C)C3CC[C@@]21C. The summed E-state index contributed by atoms with van der Waals surface area (Å²) in [5.41, 5.74) is 2.29. The molecule has 4 fully saturated rings. The molecule has 0 aromatic heterocycles. The molecule has 3 heteroatoms. The quantitative estimate of drug-likeness (QED) is 0.540. The zero-order chi connectivity index (χ0) is 20.2. The van der Waals surface area contributed by atoms with E-state index >= 15 is 0 Å². The second-order valence-electron chi connectivity index (χ2n) is 11.3. The number of allylic oxidation sites excluding steroid dienone is 1. The van der Waals surface area contributed by atoms with Crippen molar-refractivity contribution in [3.63, 3.8) is 0 Å². The number of ether oxygens (including phenoxy) is 2. The molecule has 1 heterocycles. The average Bonchev–Trinajstić information content (AvgIpc) is 3.06. The van der Waals surface area contributed by atoms with Gasteiger partial charge in [-0.05, 0) is 106 Å². The van der Waals surface area contributed by atoms with Crippen molar-refractivity contribution in [3.8, 4) is 0 Å². The van der Waals surface area contributed by atoms with Gasteiger partial charge in [0.15, 0.2) is 6.29 Å². The fourth-order valence-electron chi connectivity index (χ4n) is 8.44. The molecule has 1 saturated heterocycles. The Kier molecular flexibility index (Phi) is 5.22. The first-order valence-electron chi connectivity index (χ1n) is 12.4. The molecule has 5 rings (SSSR count). The Morgan fingerprint density at radius 3 is 2.69 bits per heavy atom. The molecular formula is C26H40O3. The number of ketones is 1. The van der Waals surface area contributed by atoms with E-state index in [9.17, 15) is 4.79 Å². The summed E-state index contributed by atoms with van der Waals surface area (Å²) >= 11 is 0. The number of carbonyl (C=O) groups excluding carboxylic acids is 1. The Bertz CT molecular complexity index is 677. The maximum absolute atomic E-state index is 12.3. The molecule has 29 heavy (non-hydrogen) atoms. The Labute approximate surface area is 177 Å². The highest BCUT2D eigenvalue weighted by Gasteiger charge is 2.59. The standard InChI is InChI=1S/C26H40O3/c1-17(27)21-9-10-22-20-8-7-18-16-19(29-24-6-4-5-15-28-24)11-13-25(18,2)23(20)12-14-26(21,22)3/h7,19-24H,4-6,8-16H2,1-3H3/t19-,20?,21+,22?,23?,24?,25-,26+/m0/s1. The lowest BCUT2D eigenvalue weighted by Gasteiger charge is -2.58. The van der Waals surface area contributed by atoms with E-state index in [4.69, 9.17) is 9.47 Å². The normalized spacial score (nSPS) is 49.6. The predicted molar refractivity (Wildman–Crippen MR) is 114 cm³/mol. The topological polar surface area (TPSA) is 35.5 Å². The summed E-state index contributed by atoms with van der Waals surface area (Å²) in [6, 6.07) is 0. The summed E-state index contributed by atoms with van der Waals surface area (Å²) in [5.74, 6) is 3.08. The Morgan fingerprint density at radius 1 is 1.07 bits per heavy atom. The number of fused-ring (bicyclic) bond motifs is 5. The molecule has 0 bridgehead atoms. The maximum Gasteiger partial charge on any atom is 0.157 e. The van der Waals surface area contributed by atoms with E-state index in [0.717, 1.165) is 43.6 Å². The van der Waals surface area contributed by atoms with E-state index in [-0.39, 0.29) is 11.7 Å². The van der Waals surface area contributed by atoms with Crippen molar-refractivity contribution in [2.24, 2.45) is 34.5 Å². The number of hydrogen-bond acceptors (Lipinski definition) is 3. The van der Waals surface area contributed by atoms with Gasteiger partial charge in [-0.25, -0.2) is 0 Å². The first kappa shape index (κ1) is 20.2. The third-order valence-corrected chi connectivity index (χ3v) is 10.0. The molecule has 0 N–H and O–H groups in total. The highest BCUT2D eigenvalue weighted by molar-refractivity contribution is 5.79. The fourth-order valence-corrected chi connectivity index (χ4v) is 8.44. The summed E-state index contributed by atoms with van der Waals surface area (Å²) in [5, 5.41) is 0. The number of rotatable bonds is 3. The van der Waals surface area contributed by atoms with E-state index in [1.807, 2.05) is 6.92 Å². The van der Waals surface area contributed by atoms with Gasteiger partial charge in [0.2, 0.25) is 0 Å². The minimum absolute atomic E-state index is 0.0347. The van der Waals surface area contributed by atoms with Gasteiger partial charge < -0.3 is 9.47 Å². The molecule has 0 aromatic carbocycles. The van der Waals surface area contributed by atoms with Crippen LogP contribution in [0.15, 0.2) is 11.6 Å². The van der Waals surface area contributed by atoms with Gasteiger partial charge in [-0.3, -0.25) is 4.79 Å². The van der Waals surface area contributed by atoms with E-state index in [1.54, 1.807) is 5.57 Å². The van der Waals surface area contributed by atoms with Crippen molar-refractivity contribution >= 4 is 5.78 Å². The molecule has 0 aromatic rings. The third-order valence-electron chi connectivity index (χ3n) is 10.0. The first-order chi connectivity index (χ1) is 13.9. The van der Waals surface area contributed by atoms with Crippen LogP contribution in [0.25, 0.3) is 0 Å². The Balaban J connectivity index is 1.32. The molecule has 1 aliphatic heterocycles. The third kappa shape index (κ3) is 3.26. The monoisotopic (exact) mass is 400 g/mol. The summed E-state index contributed by atoms with van der Waals surface area (Å²) in [4.78, 5) is 12.3. The second kappa shape index (κ2) is 7.48. The van der Waals surface area contributed by atoms with E-state index < -0.39 is 0 Å². The zero-order valence-corrected chi connectivity index (χ0v) is 18.8. The van der Waals surface area contributed by atoms with Gasteiger partial charge in [-0.15, -0.1) is 0 Å². The van der Waals surface area contributed by atoms with Crippen molar-refractivity contribution in [2.75, 3.05) is 6.61 Å². The van der Waals surface area contributed by atoms with Crippen molar-refractivity contribution in [1.82, 2.24) is 0 Å². The first-order valence-corrected chi connectivity index (χ1v) is 12.4. The van der Waals surface area contributed by atoms with Gasteiger partial charge >= 0.3 is 0 Å². The number of carbonyl (C=O) groups is 1. The van der Waals surface area contributed by atoms with Gasteiger partial charge in [0.1, 0.15) is 5.78 Å². The minimum Gasteiger partial charge on any atom is -0.353 e. The van der Waals surface area contributed by atoms with Crippen LogP contribution in [0.3, 0.4) is 0 Å². The van der Waals surface area contributed by atoms with Crippen LogP contribution in [-0.2, 0) is 14.3 Å². The van der Waals surface area contributed by atoms with Gasteiger partial charge in [0.25, 0.3) is 0 Å². The molecule has 3 saturated carbocycles. The lowest BCUT2D eigenvalue weighted by molar-refractivity contribution is -0.195. The predicted octanol–water partition coefficient (Wildman–Crippen LogP) is 6.07. The molecule has 8 atom stereocenters. The molecule has 3 nitrogen and oxygen atoms in total. The van der Waals surface area contributed by atoms with E-state index in [1.165, 1.54) is 51.4 Å². The lowest BCUT2D eigenvalue weighted by Crippen LogP contribution is -2.51. The fraction of sp³-hybridized carbons (Fsp3) is 0.885. The highest BCUT2D eigenvalue weighted by atomic mass is 16.7. The molecule has 4 unspecified atom stereocenters. The lowest BCUT2D eigenvalue weighted by atomic mass is 9.47. The van der Waals surface area contributed by atoms with Crippen LogP contribution in [-0.4, -0.2) is 24.8 Å². The molecule has 0 radical (unpaired) electrons.